The van der Waals surface area contributed by atoms with Crippen molar-refractivity contribution in [2.45, 2.75) is 6.92 Å². The van der Waals surface area contributed by atoms with Crippen LogP contribution in [-0.4, -0.2) is 23.6 Å². The lowest BCUT2D eigenvalue weighted by Crippen LogP contribution is -2.26. The first-order valence-corrected chi connectivity index (χ1v) is 7.82. The predicted octanol–water partition coefficient (Wildman–Crippen LogP) is 3.23. The van der Waals surface area contributed by atoms with Crippen molar-refractivity contribution < 1.29 is 9.72 Å². The number of hydrogen-bond donors (Lipinski definition) is 2. The zero-order chi connectivity index (χ0) is 17.5. The van der Waals surface area contributed by atoms with Crippen LogP contribution in [0.25, 0.3) is 0 Å². The number of hydrogen-bond acceptors (Lipinski definition) is 5. The fourth-order valence-electron chi connectivity index (χ4n) is 1.91. The van der Waals surface area contributed by atoms with E-state index in [1.165, 1.54) is 12.3 Å². The molecule has 2 aromatic rings. The van der Waals surface area contributed by atoms with Crippen LogP contribution in [0, 0.1) is 17.0 Å². The Hall–Kier alpha value is -2.74. The van der Waals surface area contributed by atoms with Gasteiger partial charge in [0.25, 0.3) is 11.6 Å². The first kappa shape index (κ1) is 17.6. The van der Waals surface area contributed by atoms with Crippen LogP contribution in [0.15, 0.2) is 52.0 Å². The molecule has 0 bridgehead atoms. The lowest BCUT2D eigenvalue weighted by atomic mass is 10.2. The number of para-hydroxylation sites is 1. The number of rotatable bonds is 6. The third kappa shape index (κ3) is 4.88. The molecule has 0 spiro atoms. The Morgan fingerprint density at radius 1 is 1.33 bits per heavy atom. The van der Waals surface area contributed by atoms with E-state index in [4.69, 9.17) is 0 Å². The first-order valence-electron chi connectivity index (χ1n) is 7.02. The summed E-state index contributed by atoms with van der Waals surface area (Å²) in [6.07, 6.45) is 1.35. The average molecular weight is 391 g/mol. The molecule has 2 rings (SSSR count). The molecule has 0 aliphatic rings. The number of carbonyl (C=O) groups is 1. The number of anilines is 1. The SMILES string of the molecule is Cc1ccccc1NCC(=O)NN=Cc1ccc(Br)c([N+](=O)[O-])c1. The van der Waals surface area contributed by atoms with Crippen LogP contribution in [0.4, 0.5) is 11.4 Å². The number of aryl methyl sites for hydroxylation is 1. The normalized spacial score (nSPS) is 10.6. The van der Waals surface area contributed by atoms with E-state index < -0.39 is 4.92 Å². The van der Waals surface area contributed by atoms with Gasteiger partial charge in [0.15, 0.2) is 0 Å². The molecule has 0 saturated carbocycles. The van der Waals surface area contributed by atoms with E-state index in [1.54, 1.807) is 12.1 Å². The van der Waals surface area contributed by atoms with Gasteiger partial charge in [0.2, 0.25) is 0 Å². The lowest BCUT2D eigenvalue weighted by molar-refractivity contribution is -0.385. The van der Waals surface area contributed by atoms with E-state index >= 15 is 0 Å². The summed E-state index contributed by atoms with van der Waals surface area (Å²) >= 11 is 3.11. The number of carbonyl (C=O) groups excluding carboxylic acids is 1. The van der Waals surface area contributed by atoms with Gasteiger partial charge in [0, 0.05) is 17.3 Å². The van der Waals surface area contributed by atoms with Gasteiger partial charge in [-0.3, -0.25) is 14.9 Å². The number of nitrogens with one attached hydrogen (secondary N) is 2. The van der Waals surface area contributed by atoms with Gasteiger partial charge in [-0.15, -0.1) is 0 Å². The molecule has 7 nitrogen and oxygen atoms in total. The molecule has 1 amide bonds. The maximum Gasteiger partial charge on any atom is 0.284 e. The smallest absolute Gasteiger partial charge is 0.284 e. The van der Waals surface area contributed by atoms with E-state index in [1.807, 2.05) is 31.2 Å². The molecule has 0 unspecified atom stereocenters. The van der Waals surface area contributed by atoms with Crippen LogP contribution >= 0.6 is 15.9 Å². The molecule has 0 radical (unpaired) electrons. The summed E-state index contributed by atoms with van der Waals surface area (Å²) in [4.78, 5) is 22.1. The standard InChI is InChI=1S/C16H15BrN4O3/c1-11-4-2-3-5-14(11)18-10-16(22)20-19-9-12-6-7-13(17)15(8-12)21(23)24/h2-9,18H,10H2,1H3,(H,20,22). The maximum absolute atomic E-state index is 11.7. The van der Waals surface area contributed by atoms with Crippen molar-refractivity contribution in [3.63, 3.8) is 0 Å². The van der Waals surface area contributed by atoms with E-state index in [0.717, 1.165) is 11.3 Å². The highest BCUT2D eigenvalue weighted by atomic mass is 79.9. The number of nitrogens with zero attached hydrogens (tertiary/aromatic N) is 2. The van der Waals surface area contributed by atoms with Crippen molar-refractivity contribution in [2.24, 2.45) is 5.10 Å². The molecule has 0 aromatic heterocycles. The number of benzene rings is 2. The molecular weight excluding hydrogens is 376 g/mol. The van der Waals surface area contributed by atoms with Crippen LogP contribution < -0.4 is 10.7 Å². The molecule has 2 N–H and O–H groups in total. The van der Waals surface area contributed by atoms with Crippen LogP contribution in [0.3, 0.4) is 0 Å². The number of hydrazone groups is 1. The number of nitro groups is 1. The van der Waals surface area contributed by atoms with Crippen molar-refractivity contribution in [3.05, 3.63) is 68.2 Å². The summed E-state index contributed by atoms with van der Waals surface area (Å²) in [5.74, 6) is -0.318. The highest BCUT2D eigenvalue weighted by molar-refractivity contribution is 9.10. The Morgan fingerprint density at radius 3 is 2.79 bits per heavy atom. The minimum Gasteiger partial charge on any atom is -0.376 e. The summed E-state index contributed by atoms with van der Waals surface area (Å²) in [7, 11) is 0. The average Bonchev–Trinajstić information content (AvgIpc) is 2.55. The number of halogens is 1. The largest absolute Gasteiger partial charge is 0.376 e. The summed E-state index contributed by atoms with van der Waals surface area (Å²) in [5.41, 5.74) is 4.73. The first-order chi connectivity index (χ1) is 11.5. The van der Waals surface area contributed by atoms with Crippen LogP contribution in [-0.2, 0) is 4.79 Å². The topological polar surface area (TPSA) is 96.6 Å². The van der Waals surface area contributed by atoms with Crippen molar-refractivity contribution in [3.8, 4) is 0 Å². The molecule has 0 aliphatic carbocycles. The fraction of sp³-hybridized carbons (Fsp3) is 0.125. The minimum atomic E-state index is -0.494. The van der Waals surface area contributed by atoms with Gasteiger partial charge in [-0.25, -0.2) is 5.43 Å². The summed E-state index contributed by atoms with van der Waals surface area (Å²) in [6.45, 7) is 2.02. The zero-order valence-electron chi connectivity index (χ0n) is 12.8. The monoisotopic (exact) mass is 390 g/mol. The molecule has 2 aromatic carbocycles. The number of amides is 1. The van der Waals surface area contributed by atoms with Gasteiger partial charge in [-0.05, 0) is 40.5 Å². The zero-order valence-corrected chi connectivity index (χ0v) is 14.4. The molecular formula is C16H15BrN4O3. The molecule has 0 atom stereocenters. The second kappa shape index (κ2) is 8.21. The van der Waals surface area contributed by atoms with E-state index in [0.29, 0.717) is 10.0 Å². The van der Waals surface area contributed by atoms with Crippen molar-refractivity contribution in [2.75, 3.05) is 11.9 Å². The Bertz CT molecular complexity index is 793. The van der Waals surface area contributed by atoms with Gasteiger partial charge in [-0.1, -0.05) is 24.3 Å². The summed E-state index contributed by atoms with van der Waals surface area (Å²) < 4.78 is 0.385. The molecule has 0 heterocycles. The third-order valence-corrected chi connectivity index (χ3v) is 3.82. The predicted molar refractivity (Wildman–Crippen MR) is 96.2 cm³/mol. The van der Waals surface area contributed by atoms with Crippen LogP contribution in [0.1, 0.15) is 11.1 Å². The van der Waals surface area contributed by atoms with Crippen molar-refractivity contribution in [1.29, 1.82) is 0 Å². The van der Waals surface area contributed by atoms with Gasteiger partial charge in [-0.2, -0.15) is 5.10 Å². The van der Waals surface area contributed by atoms with Crippen LogP contribution in [0.5, 0.6) is 0 Å². The Morgan fingerprint density at radius 2 is 2.08 bits per heavy atom. The highest BCUT2D eigenvalue weighted by Gasteiger charge is 2.11. The third-order valence-electron chi connectivity index (χ3n) is 3.15. The maximum atomic E-state index is 11.7. The second-order valence-electron chi connectivity index (χ2n) is 4.93. The van der Waals surface area contributed by atoms with Gasteiger partial charge in [0.1, 0.15) is 0 Å². The lowest BCUT2D eigenvalue weighted by Gasteiger charge is -2.07. The van der Waals surface area contributed by atoms with Gasteiger partial charge < -0.3 is 5.32 Å². The van der Waals surface area contributed by atoms with E-state index in [2.05, 4.69) is 31.8 Å². The second-order valence-corrected chi connectivity index (χ2v) is 5.78. The minimum absolute atomic E-state index is 0.0634. The molecule has 124 valence electrons. The Kier molecular flexibility index (Phi) is 6.02. The molecule has 24 heavy (non-hydrogen) atoms. The van der Waals surface area contributed by atoms with Gasteiger partial charge >= 0.3 is 0 Å². The van der Waals surface area contributed by atoms with Crippen molar-refractivity contribution >= 4 is 39.4 Å². The Balaban J connectivity index is 1.90. The van der Waals surface area contributed by atoms with Crippen LogP contribution in [0.2, 0.25) is 0 Å². The molecule has 8 heteroatoms. The van der Waals surface area contributed by atoms with Crippen molar-refractivity contribution in [1.82, 2.24) is 5.43 Å². The summed E-state index contributed by atoms with van der Waals surface area (Å²) in [6, 6.07) is 12.2. The fourth-order valence-corrected chi connectivity index (χ4v) is 2.31. The molecule has 0 fully saturated rings. The number of nitro benzene ring substituents is 1. The molecule has 0 aliphatic heterocycles. The summed E-state index contributed by atoms with van der Waals surface area (Å²) in [5, 5.41) is 17.7. The van der Waals surface area contributed by atoms with Gasteiger partial charge in [0.05, 0.1) is 22.2 Å². The molecule has 0 saturated heterocycles. The van der Waals surface area contributed by atoms with E-state index in [9.17, 15) is 14.9 Å². The quantitative estimate of drug-likeness (QED) is 0.449. The highest BCUT2D eigenvalue weighted by Crippen LogP contribution is 2.24. The Labute approximate surface area is 147 Å². The van der Waals surface area contributed by atoms with E-state index in [-0.39, 0.29) is 18.1 Å².